The lowest BCUT2D eigenvalue weighted by Gasteiger charge is -2.35. The summed E-state index contributed by atoms with van der Waals surface area (Å²) in [6.07, 6.45) is 9.73. The van der Waals surface area contributed by atoms with Gasteiger partial charge >= 0.3 is 0 Å². The van der Waals surface area contributed by atoms with Crippen molar-refractivity contribution < 1.29 is 0 Å². The Bertz CT molecular complexity index is 669. The number of fused-ring (bicyclic) bond motifs is 1. The second kappa shape index (κ2) is 6.23. The third-order valence-electron chi connectivity index (χ3n) is 5.71. The fourth-order valence-electron chi connectivity index (χ4n) is 4.44. The van der Waals surface area contributed by atoms with Crippen LogP contribution in [0.2, 0.25) is 0 Å². The summed E-state index contributed by atoms with van der Waals surface area (Å²) in [7, 11) is 0. The summed E-state index contributed by atoms with van der Waals surface area (Å²) in [4.78, 5) is 12.3. The first kappa shape index (κ1) is 15.1. The fraction of sp³-hybridized carbons (Fsp3) is 0.684. The number of pyridine rings is 1. The minimum absolute atomic E-state index is 0.556. The standard InChI is InChI=1S/C19H28N4/c1-14(2)22-12-6-7-15(13-22)18-21-17-10-5-11-20-19(17)23(18)16-8-3-4-9-16/h5,10-11,14-16H,3-4,6-9,12-13H2,1-2H3. The van der Waals surface area contributed by atoms with Crippen molar-refractivity contribution in [1.29, 1.82) is 0 Å². The number of likely N-dealkylation sites (tertiary alicyclic amines) is 1. The highest BCUT2D eigenvalue weighted by atomic mass is 15.2. The number of hydrogen-bond donors (Lipinski definition) is 0. The van der Waals surface area contributed by atoms with Crippen LogP contribution in [0, 0.1) is 0 Å². The summed E-state index contributed by atoms with van der Waals surface area (Å²) < 4.78 is 2.51. The predicted octanol–water partition coefficient (Wildman–Crippen LogP) is 4.13. The third-order valence-corrected chi connectivity index (χ3v) is 5.71. The molecule has 4 nitrogen and oxygen atoms in total. The molecular weight excluding hydrogens is 284 g/mol. The molecule has 2 aromatic heterocycles. The maximum Gasteiger partial charge on any atom is 0.160 e. The average Bonchev–Trinajstić information content (AvgIpc) is 3.21. The van der Waals surface area contributed by atoms with Crippen molar-refractivity contribution in [2.75, 3.05) is 13.1 Å². The molecule has 2 aliphatic rings. The highest BCUT2D eigenvalue weighted by Gasteiger charge is 2.30. The van der Waals surface area contributed by atoms with Crippen LogP contribution >= 0.6 is 0 Å². The van der Waals surface area contributed by atoms with Crippen molar-refractivity contribution >= 4 is 11.2 Å². The largest absolute Gasteiger partial charge is 0.309 e. The van der Waals surface area contributed by atoms with Crippen LogP contribution in [0.15, 0.2) is 18.3 Å². The molecule has 0 spiro atoms. The molecule has 1 saturated carbocycles. The second-order valence-electron chi connectivity index (χ2n) is 7.55. The molecule has 1 atom stereocenters. The highest BCUT2D eigenvalue weighted by Crippen LogP contribution is 2.37. The molecule has 1 unspecified atom stereocenters. The number of piperidine rings is 1. The van der Waals surface area contributed by atoms with Gasteiger partial charge in [-0.1, -0.05) is 12.8 Å². The van der Waals surface area contributed by atoms with Crippen molar-refractivity contribution in [1.82, 2.24) is 19.4 Å². The smallest absolute Gasteiger partial charge is 0.160 e. The molecule has 3 heterocycles. The van der Waals surface area contributed by atoms with Gasteiger partial charge in [0.25, 0.3) is 0 Å². The minimum atomic E-state index is 0.556. The molecule has 2 aromatic rings. The maximum absolute atomic E-state index is 5.05. The van der Waals surface area contributed by atoms with Crippen LogP contribution in [-0.4, -0.2) is 38.6 Å². The zero-order valence-electron chi connectivity index (χ0n) is 14.4. The normalized spacial score (nSPS) is 24.0. The van der Waals surface area contributed by atoms with Gasteiger partial charge in [0.15, 0.2) is 5.65 Å². The molecule has 1 saturated heterocycles. The molecule has 4 heteroatoms. The van der Waals surface area contributed by atoms with E-state index in [0.29, 0.717) is 18.0 Å². The highest BCUT2D eigenvalue weighted by molar-refractivity contribution is 5.71. The maximum atomic E-state index is 5.05. The van der Waals surface area contributed by atoms with Gasteiger partial charge in [0.2, 0.25) is 0 Å². The molecule has 0 N–H and O–H groups in total. The zero-order valence-corrected chi connectivity index (χ0v) is 14.4. The molecule has 0 radical (unpaired) electrons. The first-order chi connectivity index (χ1) is 11.2. The van der Waals surface area contributed by atoms with Crippen LogP contribution in [0.3, 0.4) is 0 Å². The van der Waals surface area contributed by atoms with E-state index >= 15 is 0 Å². The lowest BCUT2D eigenvalue weighted by Crippen LogP contribution is -2.39. The fourth-order valence-corrected chi connectivity index (χ4v) is 4.44. The Morgan fingerprint density at radius 2 is 1.96 bits per heavy atom. The molecule has 124 valence electrons. The summed E-state index contributed by atoms with van der Waals surface area (Å²) in [5.74, 6) is 1.86. The molecule has 23 heavy (non-hydrogen) atoms. The Kier molecular flexibility index (Phi) is 4.10. The van der Waals surface area contributed by atoms with E-state index < -0.39 is 0 Å². The lowest BCUT2D eigenvalue weighted by atomic mass is 9.95. The van der Waals surface area contributed by atoms with Crippen LogP contribution in [-0.2, 0) is 0 Å². The van der Waals surface area contributed by atoms with Crippen LogP contribution in [0.4, 0.5) is 0 Å². The molecule has 2 fully saturated rings. The summed E-state index contributed by atoms with van der Waals surface area (Å²) >= 11 is 0. The van der Waals surface area contributed by atoms with Crippen molar-refractivity contribution in [3.63, 3.8) is 0 Å². The summed E-state index contributed by atoms with van der Waals surface area (Å²) in [5.41, 5.74) is 2.19. The van der Waals surface area contributed by atoms with E-state index in [2.05, 4.69) is 34.4 Å². The van der Waals surface area contributed by atoms with E-state index in [4.69, 9.17) is 4.98 Å². The summed E-state index contributed by atoms with van der Waals surface area (Å²) in [6, 6.07) is 5.37. The topological polar surface area (TPSA) is 34.0 Å². The van der Waals surface area contributed by atoms with Crippen LogP contribution < -0.4 is 0 Å². The van der Waals surface area contributed by atoms with E-state index in [1.54, 1.807) is 0 Å². The Labute approximate surface area is 138 Å². The third kappa shape index (κ3) is 2.78. The number of hydrogen-bond acceptors (Lipinski definition) is 3. The molecule has 0 amide bonds. The monoisotopic (exact) mass is 312 g/mol. The van der Waals surface area contributed by atoms with Crippen molar-refractivity contribution in [3.8, 4) is 0 Å². The van der Waals surface area contributed by atoms with Gasteiger partial charge < -0.3 is 9.47 Å². The SMILES string of the molecule is CC(C)N1CCCC(c2nc3cccnc3n2C2CCCC2)C1. The van der Waals surface area contributed by atoms with Gasteiger partial charge in [-0.05, 0) is 58.2 Å². The Hall–Kier alpha value is -1.42. The zero-order chi connectivity index (χ0) is 15.8. The van der Waals surface area contributed by atoms with Crippen LogP contribution in [0.5, 0.6) is 0 Å². The molecular formula is C19H28N4. The summed E-state index contributed by atoms with van der Waals surface area (Å²) in [5, 5.41) is 0. The number of rotatable bonds is 3. The van der Waals surface area contributed by atoms with Crippen molar-refractivity contribution in [3.05, 3.63) is 24.2 Å². The molecule has 4 rings (SSSR count). The van der Waals surface area contributed by atoms with Gasteiger partial charge in [0, 0.05) is 30.7 Å². The van der Waals surface area contributed by atoms with E-state index in [1.165, 1.54) is 50.9 Å². The van der Waals surface area contributed by atoms with Gasteiger partial charge in [-0.15, -0.1) is 0 Å². The average molecular weight is 312 g/mol. The first-order valence-electron chi connectivity index (χ1n) is 9.31. The molecule has 1 aliphatic carbocycles. The number of aromatic nitrogens is 3. The summed E-state index contributed by atoms with van der Waals surface area (Å²) in [6.45, 7) is 7.00. The van der Waals surface area contributed by atoms with Crippen molar-refractivity contribution in [2.24, 2.45) is 0 Å². The van der Waals surface area contributed by atoms with Gasteiger partial charge in [-0.2, -0.15) is 0 Å². The Morgan fingerprint density at radius 1 is 1.13 bits per heavy atom. The quantitative estimate of drug-likeness (QED) is 0.854. The van der Waals surface area contributed by atoms with Gasteiger partial charge in [0.05, 0.1) is 0 Å². The minimum Gasteiger partial charge on any atom is -0.309 e. The van der Waals surface area contributed by atoms with E-state index in [0.717, 1.165) is 17.7 Å². The van der Waals surface area contributed by atoms with E-state index in [1.807, 2.05) is 12.3 Å². The van der Waals surface area contributed by atoms with Gasteiger partial charge in [0.1, 0.15) is 11.3 Å². The van der Waals surface area contributed by atoms with Gasteiger partial charge in [-0.25, -0.2) is 9.97 Å². The molecule has 1 aliphatic heterocycles. The van der Waals surface area contributed by atoms with E-state index in [9.17, 15) is 0 Å². The van der Waals surface area contributed by atoms with E-state index in [-0.39, 0.29) is 0 Å². The number of imidazole rings is 1. The van der Waals surface area contributed by atoms with Crippen LogP contribution in [0.25, 0.3) is 11.2 Å². The second-order valence-corrected chi connectivity index (χ2v) is 7.55. The van der Waals surface area contributed by atoms with Gasteiger partial charge in [-0.3, -0.25) is 0 Å². The van der Waals surface area contributed by atoms with Crippen molar-refractivity contribution in [2.45, 2.75) is 70.4 Å². The molecule has 0 bridgehead atoms. The number of nitrogens with zero attached hydrogens (tertiary/aromatic N) is 4. The van der Waals surface area contributed by atoms with Crippen LogP contribution in [0.1, 0.15) is 70.2 Å². The lowest BCUT2D eigenvalue weighted by molar-refractivity contribution is 0.162. The molecule has 0 aromatic carbocycles. The Morgan fingerprint density at radius 3 is 2.74 bits per heavy atom. The Balaban J connectivity index is 1.74. The first-order valence-corrected chi connectivity index (χ1v) is 9.31. The predicted molar refractivity (Wildman–Crippen MR) is 93.7 cm³/mol.